The Morgan fingerprint density at radius 3 is 2.76 bits per heavy atom. The van der Waals surface area contributed by atoms with E-state index in [1.165, 1.54) is 0 Å². The normalized spacial score (nSPS) is 10.3. The summed E-state index contributed by atoms with van der Waals surface area (Å²) in [5.41, 5.74) is 1.40. The lowest BCUT2D eigenvalue weighted by atomic mass is 10.1. The molecule has 0 aliphatic heterocycles. The maximum Gasteiger partial charge on any atom is 0.153 e. The van der Waals surface area contributed by atoms with Gasteiger partial charge in [0.15, 0.2) is 6.29 Å². The lowest BCUT2D eigenvalue weighted by molar-refractivity contribution is 0.112. The van der Waals surface area contributed by atoms with Crippen molar-refractivity contribution in [2.75, 3.05) is 25.1 Å². The minimum atomic E-state index is 0.237. The fourth-order valence-corrected chi connectivity index (χ4v) is 1.95. The summed E-state index contributed by atoms with van der Waals surface area (Å²) in [4.78, 5) is 13.0. The molecule has 0 aliphatic carbocycles. The van der Waals surface area contributed by atoms with Crippen LogP contribution in [-0.4, -0.2) is 31.6 Å². The lowest BCUT2D eigenvalue weighted by Gasteiger charge is -2.21. The molecule has 0 heterocycles. The number of unbranched alkanes of at least 4 members (excludes halogenated alkanes) is 2. The maximum atomic E-state index is 11.0. The first kappa shape index (κ1) is 14.0. The molecule has 1 aromatic carbocycles. The van der Waals surface area contributed by atoms with Crippen LogP contribution in [0, 0.1) is 0 Å². The van der Waals surface area contributed by atoms with Crippen molar-refractivity contribution in [1.82, 2.24) is 0 Å². The Kier molecular flexibility index (Phi) is 6.01. The number of aldehydes is 1. The first-order valence-electron chi connectivity index (χ1n) is 5.76. The summed E-state index contributed by atoms with van der Waals surface area (Å²) in [6.07, 6.45) is 3.59. The van der Waals surface area contributed by atoms with E-state index in [2.05, 4.69) is 0 Å². The minimum absolute atomic E-state index is 0.237. The molecule has 0 bridgehead atoms. The second-order valence-electron chi connectivity index (χ2n) is 4.00. The van der Waals surface area contributed by atoms with Gasteiger partial charge in [-0.25, -0.2) is 0 Å². The molecule has 0 aromatic heterocycles. The van der Waals surface area contributed by atoms with E-state index < -0.39 is 0 Å². The highest BCUT2D eigenvalue weighted by atomic mass is 35.5. The lowest BCUT2D eigenvalue weighted by Crippen LogP contribution is -2.20. The van der Waals surface area contributed by atoms with Crippen molar-refractivity contribution in [1.29, 1.82) is 0 Å². The Morgan fingerprint density at radius 1 is 1.35 bits per heavy atom. The Labute approximate surface area is 107 Å². The molecule has 3 nitrogen and oxygen atoms in total. The Hall–Kier alpha value is -1.06. The van der Waals surface area contributed by atoms with Gasteiger partial charge < -0.3 is 10.0 Å². The number of aliphatic hydroxyl groups is 1. The second-order valence-corrected chi connectivity index (χ2v) is 4.40. The average Bonchev–Trinajstić information content (AvgIpc) is 2.34. The number of rotatable bonds is 7. The Bertz CT molecular complexity index is 368. The van der Waals surface area contributed by atoms with Crippen LogP contribution in [0.5, 0.6) is 0 Å². The van der Waals surface area contributed by atoms with Crippen molar-refractivity contribution in [2.24, 2.45) is 0 Å². The SMILES string of the molecule is CN(CCCCCO)c1cccc(Cl)c1C=O. The minimum Gasteiger partial charge on any atom is -0.396 e. The van der Waals surface area contributed by atoms with Gasteiger partial charge in [0.2, 0.25) is 0 Å². The number of anilines is 1. The van der Waals surface area contributed by atoms with Gasteiger partial charge in [-0.3, -0.25) is 4.79 Å². The van der Waals surface area contributed by atoms with Crippen molar-refractivity contribution in [2.45, 2.75) is 19.3 Å². The number of benzene rings is 1. The molecule has 1 N–H and O–H groups in total. The Morgan fingerprint density at radius 2 is 2.12 bits per heavy atom. The second kappa shape index (κ2) is 7.30. The van der Waals surface area contributed by atoms with E-state index >= 15 is 0 Å². The molecule has 17 heavy (non-hydrogen) atoms. The molecule has 0 spiro atoms. The van der Waals surface area contributed by atoms with Crippen LogP contribution < -0.4 is 4.90 Å². The zero-order chi connectivity index (χ0) is 12.7. The highest BCUT2D eigenvalue weighted by Gasteiger charge is 2.09. The fraction of sp³-hybridized carbons (Fsp3) is 0.462. The van der Waals surface area contributed by atoms with Gasteiger partial charge in [-0.2, -0.15) is 0 Å². The van der Waals surface area contributed by atoms with Gasteiger partial charge >= 0.3 is 0 Å². The van der Waals surface area contributed by atoms with Crippen LogP contribution in [-0.2, 0) is 0 Å². The third kappa shape index (κ3) is 4.02. The van der Waals surface area contributed by atoms with Gasteiger partial charge in [-0.1, -0.05) is 17.7 Å². The summed E-state index contributed by atoms with van der Waals surface area (Å²) < 4.78 is 0. The van der Waals surface area contributed by atoms with Crippen LogP contribution >= 0.6 is 11.6 Å². The van der Waals surface area contributed by atoms with E-state index in [-0.39, 0.29) is 6.61 Å². The van der Waals surface area contributed by atoms with E-state index in [0.29, 0.717) is 10.6 Å². The number of aliphatic hydroxyl groups excluding tert-OH is 1. The van der Waals surface area contributed by atoms with E-state index in [0.717, 1.165) is 37.8 Å². The molecule has 0 saturated heterocycles. The largest absolute Gasteiger partial charge is 0.396 e. The van der Waals surface area contributed by atoms with Crippen molar-refractivity contribution in [3.05, 3.63) is 28.8 Å². The summed E-state index contributed by atoms with van der Waals surface area (Å²) in [6, 6.07) is 5.45. The van der Waals surface area contributed by atoms with Gasteiger partial charge in [-0.05, 0) is 31.4 Å². The molecular formula is C13H18ClNO2. The average molecular weight is 256 g/mol. The highest BCUT2D eigenvalue weighted by molar-refractivity contribution is 6.33. The summed E-state index contributed by atoms with van der Waals surface area (Å²) in [5.74, 6) is 0. The van der Waals surface area contributed by atoms with E-state index in [1.54, 1.807) is 6.07 Å². The predicted molar refractivity (Wildman–Crippen MR) is 71.0 cm³/mol. The summed E-state index contributed by atoms with van der Waals surface area (Å²) in [7, 11) is 1.94. The van der Waals surface area contributed by atoms with Crippen molar-refractivity contribution >= 4 is 23.6 Å². The van der Waals surface area contributed by atoms with E-state index in [9.17, 15) is 4.79 Å². The number of carbonyl (C=O) groups is 1. The molecule has 0 aliphatic rings. The van der Waals surface area contributed by atoms with Crippen molar-refractivity contribution in [3.8, 4) is 0 Å². The first-order chi connectivity index (χ1) is 8.20. The molecule has 0 atom stereocenters. The molecule has 0 radical (unpaired) electrons. The third-order valence-corrected chi connectivity index (χ3v) is 3.04. The van der Waals surface area contributed by atoms with Crippen LogP contribution in [0.4, 0.5) is 5.69 Å². The molecule has 0 amide bonds. The molecule has 94 valence electrons. The number of hydrogen-bond donors (Lipinski definition) is 1. The van der Waals surface area contributed by atoms with E-state index in [1.807, 2.05) is 24.1 Å². The van der Waals surface area contributed by atoms with Gasteiger partial charge in [0, 0.05) is 25.9 Å². The molecule has 0 unspecified atom stereocenters. The standard InChI is InChI=1S/C13H18ClNO2/c1-15(8-3-2-4-9-16)13-7-5-6-12(14)11(13)10-17/h5-7,10,16H,2-4,8-9H2,1H3. The molecule has 0 saturated carbocycles. The molecule has 1 aromatic rings. The predicted octanol–water partition coefficient (Wildman–Crippen LogP) is 2.75. The van der Waals surface area contributed by atoms with Crippen LogP contribution in [0.2, 0.25) is 5.02 Å². The monoisotopic (exact) mass is 255 g/mol. The number of nitrogens with zero attached hydrogens (tertiary/aromatic N) is 1. The Balaban J connectivity index is 2.65. The fourth-order valence-electron chi connectivity index (χ4n) is 1.73. The van der Waals surface area contributed by atoms with Crippen LogP contribution in [0.1, 0.15) is 29.6 Å². The smallest absolute Gasteiger partial charge is 0.153 e. The zero-order valence-electron chi connectivity index (χ0n) is 10.0. The number of carbonyl (C=O) groups excluding carboxylic acids is 1. The molecular weight excluding hydrogens is 238 g/mol. The first-order valence-corrected chi connectivity index (χ1v) is 6.14. The van der Waals surface area contributed by atoms with E-state index in [4.69, 9.17) is 16.7 Å². The zero-order valence-corrected chi connectivity index (χ0v) is 10.8. The summed E-state index contributed by atoms with van der Waals surface area (Å²) in [6.45, 7) is 1.08. The maximum absolute atomic E-state index is 11.0. The van der Waals surface area contributed by atoms with Crippen molar-refractivity contribution in [3.63, 3.8) is 0 Å². The van der Waals surface area contributed by atoms with Gasteiger partial charge in [0.1, 0.15) is 0 Å². The van der Waals surface area contributed by atoms with Crippen LogP contribution in [0.3, 0.4) is 0 Å². The van der Waals surface area contributed by atoms with Crippen LogP contribution in [0.25, 0.3) is 0 Å². The van der Waals surface area contributed by atoms with Gasteiger partial charge in [0.05, 0.1) is 10.6 Å². The van der Waals surface area contributed by atoms with Gasteiger partial charge in [0.25, 0.3) is 0 Å². The number of halogens is 1. The molecule has 0 fully saturated rings. The van der Waals surface area contributed by atoms with Gasteiger partial charge in [-0.15, -0.1) is 0 Å². The highest BCUT2D eigenvalue weighted by Crippen LogP contribution is 2.25. The van der Waals surface area contributed by atoms with Crippen LogP contribution in [0.15, 0.2) is 18.2 Å². The summed E-state index contributed by atoms with van der Waals surface area (Å²) >= 11 is 5.97. The topological polar surface area (TPSA) is 40.5 Å². The summed E-state index contributed by atoms with van der Waals surface area (Å²) in [5, 5.41) is 9.18. The molecule has 4 heteroatoms. The van der Waals surface area contributed by atoms with Crippen molar-refractivity contribution < 1.29 is 9.90 Å². The third-order valence-electron chi connectivity index (χ3n) is 2.71. The molecule has 1 rings (SSSR count). The quantitative estimate of drug-likeness (QED) is 0.602. The number of hydrogen-bond acceptors (Lipinski definition) is 3.